The zero-order chi connectivity index (χ0) is 18.4. The Labute approximate surface area is 153 Å². The van der Waals surface area contributed by atoms with Crippen LogP contribution in [0.1, 0.15) is 19.2 Å². The molecule has 1 fully saturated rings. The average Bonchev–Trinajstić information content (AvgIpc) is 3.27. The quantitative estimate of drug-likeness (QED) is 0.591. The highest BCUT2D eigenvalue weighted by Crippen LogP contribution is 2.20. The first kappa shape index (κ1) is 17.9. The van der Waals surface area contributed by atoms with Gasteiger partial charge in [-0.05, 0) is 12.1 Å². The van der Waals surface area contributed by atoms with Gasteiger partial charge in [-0.1, -0.05) is 25.1 Å². The number of rotatable bonds is 6. The molecule has 26 heavy (non-hydrogen) atoms. The van der Waals surface area contributed by atoms with Gasteiger partial charge in [-0.3, -0.25) is 9.79 Å². The smallest absolute Gasteiger partial charge is 0.229 e. The van der Waals surface area contributed by atoms with Gasteiger partial charge in [-0.15, -0.1) is 10.2 Å². The fraction of sp³-hybridized carbons (Fsp3) is 0.444. The van der Waals surface area contributed by atoms with Gasteiger partial charge in [0.15, 0.2) is 5.96 Å². The van der Waals surface area contributed by atoms with Crippen molar-refractivity contribution in [3.8, 4) is 0 Å². The standard InChI is InChI=1S/C18H25N7O/c1-3-16-23-21-13-24(16)10-9-20-18(19-2)22-14-11-17(26)25(12-14)15-7-5-4-6-8-15/h4-8,13-14H,3,9-12H2,1-2H3,(H2,19,20,22). The van der Waals surface area contributed by atoms with Crippen molar-refractivity contribution in [2.75, 3.05) is 25.0 Å². The lowest BCUT2D eigenvalue weighted by atomic mass is 10.2. The molecule has 1 unspecified atom stereocenters. The number of anilines is 1. The summed E-state index contributed by atoms with van der Waals surface area (Å²) in [5, 5.41) is 14.6. The van der Waals surface area contributed by atoms with E-state index >= 15 is 0 Å². The Morgan fingerprint density at radius 3 is 2.88 bits per heavy atom. The lowest BCUT2D eigenvalue weighted by Crippen LogP contribution is -2.45. The monoisotopic (exact) mass is 355 g/mol. The largest absolute Gasteiger partial charge is 0.355 e. The molecule has 8 nitrogen and oxygen atoms in total. The highest BCUT2D eigenvalue weighted by molar-refractivity contribution is 5.97. The minimum Gasteiger partial charge on any atom is -0.355 e. The number of aryl methyl sites for hydroxylation is 1. The third-order valence-electron chi connectivity index (χ3n) is 4.41. The Balaban J connectivity index is 1.50. The fourth-order valence-electron chi connectivity index (χ4n) is 3.08. The van der Waals surface area contributed by atoms with Crippen LogP contribution in [0.4, 0.5) is 5.69 Å². The van der Waals surface area contributed by atoms with E-state index in [0.717, 1.165) is 24.5 Å². The number of carbonyl (C=O) groups is 1. The van der Waals surface area contributed by atoms with E-state index in [1.165, 1.54) is 0 Å². The van der Waals surface area contributed by atoms with Crippen LogP contribution in [0.2, 0.25) is 0 Å². The topological polar surface area (TPSA) is 87.4 Å². The lowest BCUT2D eigenvalue weighted by molar-refractivity contribution is -0.117. The zero-order valence-corrected chi connectivity index (χ0v) is 15.2. The van der Waals surface area contributed by atoms with E-state index in [4.69, 9.17) is 0 Å². The summed E-state index contributed by atoms with van der Waals surface area (Å²) < 4.78 is 2.02. The number of hydrogen-bond donors (Lipinski definition) is 2. The van der Waals surface area contributed by atoms with E-state index in [2.05, 4.69) is 32.7 Å². The van der Waals surface area contributed by atoms with E-state index in [9.17, 15) is 4.79 Å². The number of nitrogens with zero attached hydrogens (tertiary/aromatic N) is 5. The molecule has 1 aromatic heterocycles. The zero-order valence-electron chi connectivity index (χ0n) is 15.2. The second-order valence-electron chi connectivity index (χ2n) is 6.18. The first-order valence-corrected chi connectivity index (χ1v) is 8.90. The van der Waals surface area contributed by atoms with Crippen LogP contribution in [0.3, 0.4) is 0 Å². The molecule has 138 valence electrons. The van der Waals surface area contributed by atoms with Crippen molar-refractivity contribution in [1.82, 2.24) is 25.4 Å². The van der Waals surface area contributed by atoms with Crippen LogP contribution in [0.15, 0.2) is 41.7 Å². The van der Waals surface area contributed by atoms with Crippen molar-refractivity contribution in [3.05, 3.63) is 42.5 Å². The number of nitrogens with one attached hydrogen (secondary N) is 2. The molecule has 3 rings (SSSR count). The van der Waals surface area contributed by atoms with Crippen LogP contribution in [0.25, 0.3) is 0 Å². The van der Waals surface area contributed by atoms with Gasteiger partial charge in [0, 0.05) is 45.2 Å². The summed E-state index contributed by atoms with van der Waals surface area (Å²) in [4.78, 5) is 18.4. The number of hydrogen-bond acceptors (Lipinski definition) is 4. The summed E-state index contributed by atoms with van der Waals surface area (Å²) >= 11 is 0. The number of guanidine groups is 1. The summed E-state index contributed by atoms with van der Waals surface area (Å²) in [5.74, 6) is 1.79. The van der Waals surface area contributed by atoms with E-state index in [1.54, 1.807) is 13.4 Å². The Hall–Kier alpha value is -2.90. The van der Waals surface area contributed by atoms with Gasteiger partial charge in [-0.25, -0.2) is 0 Å². The average molecular weight is 355 g/mol. The third-order valence-corrected chi connectivity index (χ3v) is 4.41. The minimum absolute atomic E-state index is 0.0371. The normalized spacial score (nSPS) is 17.6. The van der Waals surface area contributed by atoms with Gasteiger partial charge < -0.3 is 20.1 Å². The molecule has 2 aromatic rings. The van der Waals surface area contributed by atoms with E-state index in [-0.39, 0.29) is 11.9 Å². The van der Waals surface area contributed by atoms with Crippen LogP contribution < -0.4 is 15.5 Å². The molecular formula is C18H25N7O. The molecule has 0 spiro atoms. The molecule has 1 aliphatic rings. The molecule has 0 saturated carbocycles. The number of benzene rings is 1. The number of aromatic nitrogens is 3. The Kier molecular flexibility index (Phi) is 5.83. The summed E-state index contributed by atoms with van der Waals surface area (Å²) in [6.07, 6.45) is 3.05. The van der Waals surface area contributed by atoms with Gasteiger partial charge >= 0.3 is 0 Å². The predicted molar refractivity (Wildman–Crippen MR) is 101 cm³/mol. The van der Waals surface area contributed by atoms with Crippen LogP contribution >= 0.6 is 0 Å². The summed E-state index contributed by atoms with van der Waals surface area (Å²) in [6.45, 7) is 4.16. The van der Waals surface area contributed by atoms with Crippen molar-refractivity contribution >= 4 is 17.6 Å². The van der Waals surface area contributed by atoms with E-state index in [1.807, 2.05) is 39.8 Å². The van der Waals surface area contributed by atoms with Crippen molar-refractivity contribution in [2.45, 2.75) is 32.4 Å². The molecule has 0 radical (unpaired) electrons. The van der Waals surface area contributed by atoms with Crippen LogP contribution in [0.5, 0.6) is 0 Å². The number of amides is 1. The molecule has 2 N–H and O–H groups in total. The summed E-state index contributed by atoms with van der Waals surface area (Å²) in [5.41, 5.74) is 0.935. The summed E-state index contributed by atoms with van der Waals surface area (Å²) in [6, 6.07) is 9.79. The van der Waals surface area contributed by atoms with Crippen LogP contribution in [0, 0.1) is 0 Å². The van der Waals surface area contributed by atoms with E-state index in [0.29, 0.717) is 25.5 Å². The molecule has 1 atom stereocenters. The molecule has 1 aliphatic heterocycles. The Morgan fingerprint density at radius 2 is 2.15 bits per heavy atom. The van der Waals surface area contributed by atoms with Crippen LogP contribution in [-0.2, 0) is 17.8 Å². The maximum absolute atomic E-state index is 12.3. The summed E-state index contributed by atoms with van der Waals surface area (Å²) in [7, 11) is 1.73. The molecule has 1 saturated heterocycles. The Morgan fingerprint density at radius 1 is 1.35 bits per heavy atom. The van der Waals surface area contributed by atoms with Gasteiger partial charge in [0.05, 0.1) is 6.04 Å². The van der Waals surface area contributed by atoms with Crippen molar-refractivity contribution in [2.24, 2.45) is 4.99 Å². The maximum atomic E-state index is 12.3. The second-order valence-corrected chi connectivity index (χ2v) is 6.18. The maximum Gasteiger partial charge on any atom is 0.229 e. The SMILES string of the molecule is CCc1nncn1CCNC(=NC)NC1CC(=O)N(c2ccccc2)C1. The van der Waals surface area contributed by atoms with Crippen molar-refractivity contribution in [3.63, 3.8) is 0 Å². The number of aliphatic imine (C=N–C) groups is 1. The number of para-hydroxylation sites is 1. The van der Waals surface area contributed by atoms with Gasteiger partial charge in [-0.2, -0.15) is 0 Å². The fourth-order valence-corrected chi connectivity index (χ4v) is 3.08. The highest BCUT2D eigenvalue weighted by atomic mass is 16.2. The lowest BCUT2D eigenvalue weighted by Gasteiger charge is -2.19. The van der Waals surface area contributed by atoms with Gasteiger partial charge in [0.1, 0.15) is 12.2 Å². The molecule has 8 heteroatoms. The molecule has 1 aromatic carbocycles. The molecule has 2 heterocycles. The van der Waals surface area contributed by atoms with Crippen LogP contribution in [-0.4, -0.2) is 52.8 Å². The number of carbonyl (C=O) groups excluding carboxylic acids is 1. The van der Waals surface area contributed by atoms with Gasteiger partial charge in [0.2, 0.25) is 5.91 Å². The molecule has 0 bridgehead atoms. The molecule has 0 aliphatic carbocycles. The van der Waals surface area contributed by atoms with Crippen molar-refractivity contribution in [1.29, 1.82) is 0 Å². The van der Waals surface area contributed by atoms with Crippen molar-refractivity contribution < 1.29 is 4.79 Å². The second kappa shape index (κ2) is 8.46. The molecule has 1 amide bonds. The first-order valence-electron chi connectivity index (χ1n) is 8.90. The van der Waals surface area contributed by atoms with Gasteiger partial charge in [0.25, 0.3) is 0 Å². The predicted octanol–water partition coefficient (Wildman–Crippen LogP) is 0.811. The Bertz CT molecular complexity index is 756. The third kappa shape index (κ3) is 4.19. The first-order chi connectivity index (χ1) is 12.7. The van der Waals surface area contributed by atoms with E-state index < -0.39 is 0 Å². The highest BCUT2D eigenvalue weighted by Gasteiger charge is 2.30. The minimum atomic E-state index is 0.0371. The molecular weight excluding hydrogens is 330 g/mol.